The van der Waals surface area contributed by atoms with E-state index in [1.807, 2.05) is 0 Å². The number of aryl methyl sites for hydroxylation is 2. The minimum absolute atomic E-state index is 1.24. The van der Waals surface area contributed by atoms with E-state index in [9.17, 15) is 0 Å². The summed E-state index contributed by atoms with van der Waals surface area (Å²) in [6.07, 6.45) is 5.17. The van der Waals surface area contributed by atoms with E-state index < -0.39 is 0 Å². The van der Waals surface area contributed by atoms with Crippen LogP contribution >= 0.6 is 0 Å². The lowest BCUT2D eigenvalue weighted by Gasteiger charge is -2.19. The van der Waals surface area contributed by atoms with Gasteiger partial charge in [-0.1, -0.05) is 60.7 Å². The first-order valence-corrected chi connectivity index (χ1v) is 8.27. The molecule has 0 radical (unpaired) electrons. The van der Waals surface area contributed by atoms with Gasteiger partial charge in [0.25, 0.3) is 0 Å². The zero-order chi connectivity index (χ0) is 14.5. The quantitative estimate of drug-likeness (QED) is 0.346. The monoisotopic (exact) mass is 282 g/mol. The van der Waals surface area contributed by atoms with Crippen LogP contribution in [-0.2, 0) is 12.8 Å². The van der Waals surface area contributed by atoms with Crippen LogP contribution in [0, 0.1) is 0 Å². The molecule has 0 saturated carbocycles. The summed E-state index contributed by atoms with van der Waals surface area (Å²) < 4.78 is 0. The van der Waals surface area contributed by atoms with Gasteiger partial charge >= 0.3 is 0 Å². The number of benzene rings is 4. The molecule has 0 bridgehead atoms. The van der Waals surface area contributed by atoms with Crippen molar-refractivity contribution in [1.29, 1.82) is 0 Å². The van der Waals surface area contributed by atoms with Gasteiger partial charge in [-0.3, -0.25) is 0 Å². The molecule has 0 atom stereocenters. The summed E-state index contributed by atoms with van der Waals surface area (Å²) in [5.41, 5.74) is 3.16. The second-order valence-corrected chi connectivity index (χ2v) is 6.45. The minimum Gasteiger partial charge on any atom is -0.0616 e. The molecule has 22 heavy (non-hydrogen) atoms. The van der Waals surface area contributed by atoms with Crippen LogP contribution in [0.2, 0.25) is 0 Å². The van der Waals surface area contributed by atoms with Gasteiger partial charge in [0.1, 0.15) is 0 Å². The molecule has 5 rings (SSSR count). The van der Waals surface area contributed by atoms with Crippen LogP contribution in [0.25, 0.3) is 32.3 Å². The smallest absolute Gasteiger partial charge is 0.00989 e. The van der Waals surface area contributed by atoms with Gasteiger partial charge in [-0.05, 0) is 69.1 Å². The largest absolute Gasteiger partial charge is 0.0616 e. The van der Waals surface area contributed by atoms with Gasteiger partial charge in [0.2, 0.25) is 0 Å². The first-order valence-electron chi connectivity index (χ1n) is 8.27. The van der Waals surface area contributed by atoms with Crippen molar-refractivity contribution in [2.45, 2.75) is 25.7 Å². The van der Waals surface area contributed by atoms with E-state index in [-0.39, 0.29) is 0 Å². The molecule has 1 aliphatic rings. The molecule has 0 heterocycles. The highest BCUT2D eigenvalue weighted by Crippen LogP contribution is 2.35. The molecule has 0 saturated heterocycles. The molecule has 0 N–H and O–H groups in total. The molecular weight excluding hydrogens is 264 g/mol. The summed E-state index contributed by atoms with van der Waals surface area (Å²) in [5.74, 6) is 0. The molecule has 0 heteroatoms. The summed E-state index contributed by atoms with van der Waals surface area (Å²) in [6.45, 7) is 0. The summed E-state index contributed by atoms with van der Waals surface area (Å²) in [4.78, 5) is 0. The fourth-order valence-corrected chi connectivity index (χ4v) is 4.16. The van der Waals surface area contributed by atoms with Crippen LogP contribution in [0.5, 0.6) is 0 Å². The molecular formula is C22H18. The molecule has 0 unspecified atom stereocenters. The number of hydrogen-bond donors (Lipinski definition) is 0. The molecule has 1 aliphatic carbocycles. The second-order valence-electron chi connectivity index (χ2n) is 6.45. The van der Waals surface area contributed by atoms with E-state index in [1.165, 1.54) is 58.0 Å². The van der Waals surface area contributed by atoms with Gasteiger partial charge in [-0.2, -0.15) is 0 Å². The van der Waals surface area contributed by atoms with Crippen LogP contribution in [0.4, 0.5) is 0 Å². The molecule has 0 nitrogen and oxygen atoms in total. The van der Waals surface area contributed by atoms with Crippen molar-refractivity contribution in [2.75, 3.05) is 0 Å². The van der Waals surface area contributed by atoms with Crippen molar-refractivity contribution in [2.24, 2.45) is 0 Å². The van der Waals surface area contributed by atoms with Gasteiger partial charge in [0.15, 0.2) is 0 Å². The maximum atomic E-state index is 2.37. The fourth-order valence-electron chi connectivity index (χ4n) is 4.16. The Labute approximate surface area is 130 Å². The summed E-state index contributed by atoms with van der Waals surface area (Å²) in [7, 11) is 0. The Bertz CT molecular complexity index is 1020. The molecule has 4 aromatic carbocycles. The Morgan fingerprint density at radius 2 is 1.18 bits per heavy atom. The Balaban J connectivity index is 1.94. The minimum atomic E-state index is 1.24. The first-order chi connectivity index (χ1) is 10.9. The van der Waals surface area contributed by atoms with Crippen LogP contribution in [0.3, 0.4) is 0 Å². The molecule has 0 spiro atoms. The van der Waals surface area contributed by atoms with Crippen molar-refractivity contribution >= 4 is 32.3 Å². The highest BCUT2D eigenvalue weighted by molar-refractivity contribution is 6.17. The van der Waals surface area contributed by atoms with Crippen molar-refractivity contribution in [1.82, 2.24) is 0 Å². The van der Waals surface area contributed by atoms with E-state index in [0.29, 0.717) is 0 Å². The van der Waals surface area contributed by atoms with Crippen LogP contribution in [-0.4, -0.2) is 0 Å². The molecule has 0 aromatic heterocycles. The maximum absolute atomic E-state index is 2.37. The summed E-state index contributed by atoms with van der Waals surface area (Å²) >= 11 is 0. The van der Waals surface area contributed by atoms with E-state index in [0.717, 1.165) is 0 Å². The first kappa shape index (κ1) is 12.2. The van der Waals surface area contributed by atoms with Gasteiger partial charge in [-0.25, -0.2) is 0 Å². The highest BCUT2D eigenvalue weighted by atomic mass is 14.2. The fraction of sp³-hybridized carbons (Fsp3) is 0.182. The lowest BCUT2D eigenvalue weighted by atomic mass is 9.86. The average molecular weight is 282 g/mol. The van der Waals surface area contributed by atoms with Crippen LogP contribution in [0.15, 0.2) is 60.7 Å². The molecule has 0 aliphatic heterocycles. The van der Waals surface area contributed by atoms with E-state index in [1.54, 1.807) is 11.1 Å². The third kappa shape index (κ3) is 1.64. The Morgan fingerprint density at radius 3 is 2.18 bits per heavy atom. The van der Waals surface area contributed by atoms with Crippen molar-refractivity contribution < 1.29 is 0 Å². The number of hydrogen-bond acceptors (Lipinski definition) is 0. The topological polar surface area (TPSA) is 0 Å². The second kappa shape index (κ2) is 4.58. The van der Waals surface area contributed by atoms with Crippen LogP contribution in [0.1, 0.15) is 24.0 Å². The Hall–Kier alpha value is -2.34. The maximum Gasteiger partial charge on any atom is -0.00989 e. The van der Waals surface area contributed by atoms with Gasteiger partial charge in [0.05, 0.1) is 0 Å². The zero-order valence-electron chi connectivity index (χ0n) is 12.6. The van der Waals surface area contributed by atoms with Crippen molar-refractivity contribution in [3.8, 4) is 0 Å². The normalized spacial score (nSPS) is 14.5. The van der Waals surface area contributed by atoms with Gasteiger partial charge < -0.3 is 0 Å². The van der Waals surface area contributed by atoms with Crippen LogP contribution < -0.4 is 0 Å². The summed E-state index contributed by atoms with van der Waals surface area (Å²) in [6, 6.07) is 22.6. The van der Waals surface area contributed by atoms with E-state index in [4.69, 9.17) is 0 Å². The highest BCUT2D eigenvalue weighted by Gasteiger charge is 2.13. The lowest BCUT2D eigenvalue weighted by molar-refractivity contribution is 0.690. The summed E-state index contributed by atoms with van der Waals surface area (Å²) in [5, 5.41) is 8.35. The van der Waals surface area contributed by atoms with E-state index in [2.05, 4.69) is 60.7 Å². The molecule has 0 fully saturated rings. The van der Waals surface area contributed by atoms with Gasteiger partial charge in [0, 0.05) is 0 Å². The number of rotatable bonds is 0. The Kier molecular flexibility index (Phi) is 2.54. The predicted octanol–water partition coefficient (Wildman–Crippen LogP) is 6.03. The van der Waals surface area contributed by atoms with Crippen molar-refractivity contribution in [3.63, 3.8) is 0 Å². The molecule has 106 valence electrons. The van der Waals surface area contributed by atoms with Crippen molar-refractivity contribution in [3.05, 3.63) is 71.8 Å². The molecule has 4 aromatic rings. The Morgan fingerprint density at radius 1 is 0.500 bits per heavy atom. The molecule has 0 amide bonds. The number of fused-ring (bicyclic) bond motifs is 7. The third-order valence-corrected chi connectivity index (χ3v) is 5.25. The zero-order valence-corrected chi connectivity index (χ0v) is 12.6. The predicted molar refractivity (Wildman–Crippen MR) is 95.6 cm³/mol. The SMILES string of the molecule is c1ccc2c(c1)ccc1c3ccc4c(c3ccc21)CCCC4. The third-order valence-electron chi connectivity index (χ3n) is 5.25. The van der Waals surface area contributed by atoms with Gasteiger partial charge in [-0.15, -0.1) is 0 Å². The lowest BCUT2D eigenvalue weighted by Crippen LogP contribution is -2.03. The van der Waals surface area contributed by atoms with E-state index >= 15 is 0 Å². The average Bonchev–Trinajstić information content (AvgIpc) is 2.60. The standard InChI is InChI=1S/C22H18/c1-3-7-17-15(5-1)9-11-21-19(17)13-14-20-18-8-4-2-6-16(18)10-12-22(20)21/h1,3,5,7,9-14H,2,4,6,8H2.